The maximum absolute atomic E-state index is 12.4. The fraction of sp³-hybridized carbons (Fsp3) is 0.640. The molecule has 10 heteroatoms. The van der Waals surface area contributed by atoms with Gasteiger partial charge in [0.25, 0.3) is 18.2 Å². The number of ether oxygens (including phenoxy) is 2. The van der Waals surface area contributed by atoms with Crippen LogP contribution in [0.4, 0.5) is 8.78 Å². The third-order valence-electron chi connectivity index (χ3n) is 6.79. The van der Waals surface area contributed by atoms with E-state index in [1.807, 2.05) is 6.07 Å². The minimum absolute atomic E-state index is 0.0576. The lowest BCUT2D eigenvalue weighted by atomic mass is 9.84. The van der Waals surface area contributed by atoms with Crippen LogP contribution in [-0.4, -0.2) is 66.3 Å². The van der Waals surface area contributed by atoms with E-state index in [2.05, 4.69) is 20.4 Å². The van der Waals surface area contributed by atoms with Gasteiger partial charge in [-0.2, -0.15) is 0 Å². The van der Waals surface area contributed by atoms with Crippen LogP contribution >= 0.6 is 0 Å². The zero-order chi connectivity index (χ0) is 24.6. The number of nitrogens with zero attached hydrogens (tertiary/aromatic N) is 3. The summed E-state index contributed by atoms with van der Waals surface area (Å²) in [6, 6.07) is 5.50. The van der Waals surface area contributed by atoms with E-state index in [0.717, 1.165) is 70.3 Å². The standard InChI is InChI=1S/C25H34F2N4O4/c1-17-14-25(30-35-17)34-16-23(32)28-20-5-2-18(3-6-20)8-11-31-12-9-19-4-7-24(33-15-22(26)27)29-21(19)10-13-31/h4,7,14,18,20,22H,2-3,5-6,8-13,15-16H2,1H3,(H,28,32)/t18-,20-. The molecule has 1 N–H and O–H groups in total. The van der Waals surface area contributed by atoms with Gasteiger partial charge in [0.2, 0.25) is 5.88 Å². The number of fused-ring (bicyclic) bond motifs is 1. The van der Waals surface area contributed by atoms with Gasteiger partial charge >= 0.3 is 0 Å². The molecule has 3 heterocycles. The van der Waals surface area contributed by atoms with Gasteiger partial charge < -0.3 is 24.2 Å². The van der Waals surface area contributed by atoms with E-state index >= 15 is 0 Å². The molecule has 8 nitrogen and oxygen atoms in total. The second kappa shape index (κ2) is 12.3. The number of carbonyl (C=O) groups excluding carboxylic acids is 1. The van der Waals surface area contributed by atoms with Crippen molar-refractivity contribution in [1.29, 1.82) is 0 Å². The highest BCUT2D eigenvalue weighted by Crippen LogP contribution is 2.28. The van der Waals surface area contributed by atoms with E-state index in [0.29, 0.717) is 17.6 Å². The molecule has 1 fully saturated rings. The van der Waals surface area contributed by atoms with Crippen LogP contribution in [0.3, 0.4) is 0 Å². The van der Waals surface area contributed by atoms with Crippen LogP contribution in [-0.2, 0) is 17.6 Å². The van der Waals surface area contributed by atoms with E-state index in [4.69, 9.17) is 14.0 Å². The molecule has 2 aliphatic rings. The van der Waals surface area contributed by atoms with Gasteiger partial charge in [0.15, 0.2) is 13.2 Å². The first-order valence-corrected chi connectivity index (χ1v) is 12.4. The number of nitrogens with one attached hydrogen (secondary N) is 1. The number of amides is 1. The van der Waals surface area contributed by atoms with Gasteiger partial charge in [-0.25, -0.2) is 13.8 Å². The number of pyridine rings is 1. The molecule has 0 unspecified atom stereocenters. The highest BCUT2D eigenvalue weighted by molar-refractivity contribution is 5.77. The molecular formula is C25H34F2N4O4. The van der Waals surface area contributed by atoms with Crippen molar-refractivity contribution in [3.63, 3.8) is 0 Å². The van der Waals surface area contributed by atoms with Gasteiger partial charge in [0.1, 0.15) is 5.76 Å². The summed E-state index contributed by atoms with van der Waals surface area (Å²) < 4.78 is 40.2. The maximum atomic E-state index is 12.4. The molecule has 192 valence electrons. The van der Waals surface area contributed by atoms with Gasteiger partial charge in [0, 0.05) is 43.4 Å². The quantitative estimate of drug-likeness (QED) is 0.542. The predicted octanol–water partition coefficient (Wildman–Crippen LogP) is 3.57. The van der Waals surface area contributed by atoms with Crippen molar-refractivity contribution >= 4 is 5.91 Å². The monoisotopic (exact) mass is 492 g/mol. The number of hydrogen-bond acceptors (Lipinski definition) is 7. The molecule has 2 aromatic heterocycles. The van der Waals surface area contributed by atoms with Crippen molar-refractivity contribution in [2.45, 2.75) is 64.3 Å². The summed E-state index contributed by atoms with van der Waals surface area (Å²) in [6.07, 6.45) is 4.53. The van der Waals surface area contributed by atoms with Crippen LogP contribution in [0, 0.1) is 12.8 Å². The topological polar surface area (TPSA) is 89.7 Å². The Bertz CT molecular complexity index is 963. The third kappa shape index (κ3) is 7.88. The zero-order valence-corrected chi connectivity index (χ0v) is 20.2. The van der Waals surface area contributed by atoms with E-state index < -0.39 is 13.0 Å². The molecular weight excluding hydrogens is 458 g/mol. The van der Waals surface area contributed by atoms with Gasteiger partial charge in [-0.15, -0.1) is 0 Å². The van der Waals surface area contributed by atoms with Crippen molar-refractivity contribution in [1.82, 2.24) is 20.4 Å². The molecule has 0 bridgehead atoms. The second-order valence-electron chi connectivity index (χ2n) is 9.44. The first kappa shape index (κ1) is 25.3. The molecule has 1 amide bonds. The van der Waals surface area contributed by atoms with Gasteiger partial charge in [-0.3, -0.25) is 4.79 Å². The summed E-state index contributed by atoms with van der Waals surface area (Å²) >= 11 is 0. The predicted molar refractivity (Wildman–Crippen MR) is 125 cm³/mol. The Hall–Kier alpha value is -2.75. The third-order valence-corrected chi connectivity index (χ3v) is 6.79. The lowest BCUT2D eigenvalue weighted by Crippen LogP contribution is -2.40. The zero-order valence-electron chi connectivity index (χ0n) is 20.2. The molecule has 1 aliphatic heterocycles. The number of aryl methyl sites for hydroxylation is 1. The molecule has 0 saturated heterocycles. The van der Waals surface area contributed by atoms with E-state index in [1.54, 1.807) is 19.1 Å². The van der Waals surface area contributed by atoms with E-state index in [1.165, 1.54) is 5.56 Å². The minimum Gasteiger partial charge on any atom is -0.472 e. The molecule has 35 heavy (non-hydrogen) atoms. The molecule has 1 saturated carbocycles. The summed E-state index contributed by atoms with van der Waals surface area (Å²) in [6.45, 7) is 4.01. The fourth-order valence-corrected chi connectivity index (χ4v) is 4.84. The maximum Gasteiger partial charge on any atom is 0.272 e. The Balaban J connectivity index is 1.13. The Morgan fingerprint density at radius 3 is 2.71 bits per heavy atom. The van der Waals surface area contributed by atoms with Crippen molar-refractivity contribution in [3.8, 4) is 11.8 Å². The van der Waals surface area contributed by atoms with Crippen molar-refractivity contribution in [2.24, 2.45) is 5.92 Å². The van der Waals surface area contributed by atoms with Crippen LogP contribution < -0.4 is 14.8 Å². The first-order chi connectivity index (χ1) is 16.9. The number of halogens is 2. The smallest absolute Gasteiger partial charge is 0.272 e. The number of rotatable bonds is 10. The molecule has 0 spiro atoms. The van der Waals surface area contributed by atoms with Crippen LogP contribution in [0.15, 0.2) is 22.7 Å². The average Bonchev–Trinajstić information content (AvgIpc) is 3.16. The molecule has 4 rings (SSSR count). The minimum atomic E-state index is -2.50. The summed E-state index contributed by atoms with van der Waals surface area (Å²) in [5.41, 5.74) is 2.13. The summed E-state index contributed by atoms with van der Waals surface area (Å²) in [4.78, 5) is 19.1. The summed E-state index contributed by atoms with van der Waals surface area (Å²) in [5, 5.41) is 6.79. The highest BCUT2D eigenvalue weighted by atomic mass is 19.3. The molecule has 2 aromatic rings. The largest absolute Gasteiger partial charge is 0.472 e. The first-order valence-electron chi connectivity index (χ1n) is 12.4. The Kier molecular flexibility index (Phi) is 8.90. The fourth-order valence-electron chi connectivity index (χ4n) is 4.84. The summed E-state index contributed by atoms with van der Waals surface area (Å²) in [5.74, 6) is 1.78. The number of alkyl halides is 2. The van der Waals surface area contributed by atoms with Crippen LogP contribution in [0.1, 0.15) is 49.1 Å². The van der Waals surface area contributed by atoms with Crippen LogP contribution in [0.5, 0.6) is 11.8 Å². The van der Waals surface area contributed by atoms with E-state index in [-0.39, 0.29) is 24.4 Å². The Morgan fingerprint density at radius 1 is 1.17 bits per heavy atom. The van der Waals surface area contributed by atoms with Crippen molar-refractivity contribution < 1.29 is 27.6 Å². The average molecular weight is 493 g/mol. The van der Waals surface area contributed by atoms with Gasteiger partial charge in [0.05, 0.1) is 0 Å². The number of aromatic nitrogens is 2. The highest BCUT2D eigenvalue weighted by Gasteiger charge is 2.24. The second-order valence-corrected chi connectivity index (χ2v) is 9.44. The van der Waals surface area contributed by atoms with Crippen molar-refractivity contribution in [3.05, 3.63) is 35.2 Å². The molecule has 0 radical (unpaired) electrons. The Morgan fingerprint density at radius 2 is 1.97 bits per heavy atom. The van der Waals surface area contributed by atoms with Crippen LogP contribution in [0.2, 0.25) is 0 Å². The molecule has 1 aliphatic carbocycles. The van der Waals surface area contributed by atoms with Crippen LogP contribution in [0.25, 0.3) is 0 Å². The SMILES string of the molecule is Cc1cc(OCC(=O)N[C@H]2CC[C@H](CCN3CCc4ccc(OCC(F)F)nc4CC3)CC2)no1. The Labute approximate surface area is 204 Å². The molecule has 0 atom stereocenters. The van der Waals surface area contributed by atoms with Gasteiger partial charge in [-0.1, -0.05) is 6.07 Å². The van der Waals surface area contributed by atoms with E-state index in [9.17, 15) is 13.6 Å². The normalized spacial score (nSPS) is 20.8. The lowest BCUT2D eigenvalue weighted by molar-refractivity contribution is -0.124. The van der Waals surface area contributed by atoms with Crippen molar-refractivity contribution in [2.75, 3.05) is 32.8 Å². The summed E-state index contributed by atoms with van der Waals surface area (Å²) in [7, 11) is 0. The molecule has 0 aromatic carbocycles. The lowest BCUT2D eigenvalue weighted by Gasteiger charge is -2.30. The van der Waals surface area contributed by atoms with Gasteiger partial charge in [-0.05, 0) is 68.6 Å². The number of carbonyl (C=O) groups is 1. The number of hydrogen-bond donors (Lipinski definition) is 1.